The summed E-state index contributed by atoms with van der Waals surface area (Å²) >= 11 is 0. The van der Waals surface area contributed by atoms with Crippen LogP contribution in [-0.4, -0.2) is 32.2 Å². The SMILES string of the molecule is COc1cc(C(=O)c2cc(-c3ccccc3O)ccc2C)cc(OC)c1OC. The number of hydrogen-bond donors (Lipinski definition) is 1. The summed E-state index contributed by atoms with van der Waals surface area (Å²) in [6, 6.07) is 15.8. The number of carbonyl (C=O) groups is 1. The van der Waals surface area contributed by atoms with Gasteiger partial charge < -0.3 is 19.3 Å². The van der Waals surface area contributed by atoms with E-state index < -0.39 is 0 Å². The maximum Gasteiger partial charge on any atom is 0.203 e. The van der Waals surface area contributed by atoms with E-state index in [9.17, 15) is 9.90 Å². The van der Waals surface area contributed by atoms with Gasteiger partial charge >= 0.3 is 0 Å². The normalized spacial score (nSPS) is 10.4. The maximum absolute atomic E-state index is 13.3. The molecule has 0 aliphatic carbocycles. The Hall–Kier alpha value is -3.47. The van der Waals surface area contributed by atoms with Crippen LogP contribution >= 0.6 is 0 Å². The lowest BCUT2D eigenvalue weighted by atomic mass is 9.94. The molecule has 0 unspecified atom stereocenters. The molecule has 0 spiro atoms. The van der Waals surface area contributed by atoms with Crippen LogP contribution in [0.25, 0.3) is 11.1 Å². The van der Waals surface area contributed by atoms with Gasteiger partial charge in [-0.15, -0.1) is 0 Å². The Labute approximate surface area is 164 Å². The van der Waals surface area contributed by atoms with E-state index in [0.29, 0.717) is 33.9 Å². The molecule has 28 heavy (non-hydrogen) atoms. The van der Waals surface area contributed by atoms with Gasteiger partial charge in [0, 0.05) is 16.7 Å². The van der Waals surface area contributed by atoms with Gasteiger partial charge in [0.1, 0.15) is 5.75 Å². The number of benzene rings is 3. The summed E-state index contributed by atoms with van der Waals surface area (Å²) < 4.78 is 16.0. The number of phenolic OH excluding ortho intramolecular Hbond substituents is 1. The molecule has 144 valence electrons. The number of rotatable bonds is 6. The van der Waals surface area contributed by atoms with Crippen molar-refractivity contribution in [1.29, 1.82) is 0 Å². The number of methoxy groups -OCH3 is 3. The van der Waals surface area contributed by atoms with Crippen molar-refractivity contribution in [2.45, 2.75) is 6.92 Å². The largest absolute Gasteiger partial charge is 0.507 e. The average Bonchev–Trinajstić information content (AvgIpc) is 2.73. The molecule has 3 rings (SSSR count). The monoisotopic (exact) mass is 378 g/mol. The van der Waals surface area contributed by atoms with E-state index in [4.69, 9.17) is 14.2 Å². The highest BCUT2D eigenvalue weighted by Gasteiger charge is 2.20. The van der Waals surface area contributed by atoms with Crippen LogP contribution in [0.4, 0.5) is 0 Å². The fourth-order valence-corrected chi connectivity index (χ4v) is 3.12. The van der Waals surface area contributed by atoms with Gasteiger partial charge in [-0.05, 0) is 42.3 Å². The van der Waals surface area contributed by atoms with Crippen LogP contribution < -0.4 is 14.2 Å². The number of phenols is 1. The summed E-state index contributed by atoms with van der Waals surface area (Å²) in [4.78, 5) is 13.3. The first kappa shape index (κ1) is 19.3. The third-order valence-electron chi connectivity index (χ3n) is 4.62. The van der Waals surface area contributed by atoms with Crippen LogP contribution in [-0.2, 0) is 0 Å². The molecule has 0 aliphatic heterocycles. The molecule has 0 radical (unpaired) electrons. The molecule has 0 fully saturated rings. The number of aryl methyl sites for hydroxylation is 1. The highest BCUT2D eigenvalue weighted by atomic mass is 16.5. The van der Waals surface area contributed by atoms with Crippen molar-refractivity contribution < 1.29 is 24.1 Å². The molecule has 5 nitrogen and oxygen atoms in total. The zero-order valence-electron chi connectivity index (χ0n) is 16.3. The van der Waals surface area contributed by atoms with Crippen LogP contribution in [0.5, 0.6) is 23.0 Å². The zero-order chi connectivity index (χ0) is 20.3. The fourth-order valence-electron chi connectivity index (χ4n) is 3.12. The summed E-state index contributed by atoms with van der Waals surface area (Å²) in [5, 5.41) is 10.1. The first-order valence-electron chi connectivity index (χ1n) is 8.73. The van der Waals surface area contributed by atoms with Gasteiger partial charge in [0.25, 0.3) is 0 Å². The molecular weight excluding hydrogens is 356 g/mol. The zero-order valence-corrected chi connectivity index (χ0v) is 16.3. The standard InChI is InChI=1S/C23H22O5/c1-14-9-10-15(17-7-5-6-8-19(17)24)11-18(14)22(25)16-12-20(26-2)23(28-4)21(13-16)27-3/h5-13,24H,1-4H3. The van der Waals surface area contributed by atoms with Crippen molar-refractivity contribution in [1.82, 2.24) is 0 Å². The number of para-hydroxylation sites is 1. The minimum absolute atomic E-state index is 0.164. The molecule has 0 amide bonds. The first-order chi connectivity index (χ1) is 13.5. The van der Waals surface area contributed by atoms with Gasteiger partial charge in [0.05, 0.1) is 21.3 Å². The lowest BCUT2D eigenvalue weighted by molar-refractivity contribution is 0.103. The predicted octanol–water partition coefficient (Wildman–Crippen LogP) is 4.62. The Morgan fingerprint density at radius 2 is 1.50 bits per heavy atom. The number of hydrogen-bond acceptors (Lipinski definition) is 5. The van der Waals surface area contributed by atoms with E-state index in [1.807, 2.05) is 31.2 Å². The Morgan fingerprint density at radius 1 is 0.857 bits per heavy atom. The highest BCUT2D eigenvalue weighted by Crippen LogP contribution is 2.39. The molecule has 0 bridgehead atoms. The molecule has 5 heteroatoms. The fraction of sp³-hybridized carbons (Fsp3) is 0.174. The van der Waals surface area contributed by atoms with Crippen molar-refractivity contribution >= 4 is 5.78 Å². The predicted molar refractivity (Wildman–Crippen MR) is 108 cm³/mol. The molecule has 0 saturated heterocycles. The number of ether oxygens (including phenoxy) is 3. The van der Waals surface area contributed by atoms with Crippen LogP contribution in [0.15, 0.2) is 54.6 Å². The molecule has 0 heterocycles. The van der Waals surface area contributed by atoms with Crippen molar-refractivity contribution in [3.05, 3.63) is 71.3 Å². The molecule has 0 aliphatic rings. The van der Waals surface area contributed by atoms with E-state index in [2.05, 4.69) is 0 Å². The molecular formula is C23H22O5. The van der Waals surface area contributed by atoms with Gasteiger partial charge in [-0.2, -0.15) is 0 Å². The molecule has 0 saturated carbocycles. The van der Waals surface area contributed by atoms with Gasteiger partial charge in [-0.3, -0.25) is 4.79 Å². The summed E-state index contributed by atoms with van der Waals surface area (Å²) in [6.07, 6.45) is 0. The number of aromatic hydroxyl groups is 1. The van der Waals surface area contributed by atoms with E-state index in [-0.39, 0.29) is 11.5 Å². The van der Waals surface area contributed by atoms with Crippen molar-refractivity contribution in [3.8, 4) is 34.1 Å². The maximum atomic E-state index is 13.3. The quantitative estimate of drug-likeness (QED) is 0.634. The minimum Gasteiger partial charge on any atom is -0.507 e. The van der Waals surface area contributed by atoms with Crippen molar-refractivity contribution in [2.75, 3.05) is 21.3 Å². The van der Waals surface area contributed by atoms with Crippen molar-refractivity contribution in [2.24, 2.45) is 0 Å². The smallest absolute Gasteiger partial charge is 0.203 e. The van der Waals surface area contributed by atoms with Crippen molar-refractivity contribution in [3.63, 3.8) is 0 Å². The lowest BCUT2D eigenvalue weighted by Gasteiger charge is -2.15. The number of ketones is 1. The average molecular weight is 378 g/mol. The van der Waals surface area contributed by atoms with E-state index in [0.717, 1.165) is 11.1 Å². The van der Waals surface area contributed by atoms with Crippen LogP contribution in [0.1, 0.15) is 21.5 Å². The molecule has 0 aromatic heterocycles. The topological polar surface area (TPSA) is 65.0 Å². The number of carbonyl (C=O) groups excluding carboxylic acids is 1. The molecule has 0 atom stereocenters. The van der Waals surface area contributed by atoms with E-state index in [1.165, 1.54) is 21.3 Å². The lowest BCUT2D eigenvalue weighted by Crippen LogP contribution is -2.06. The first-order valence-corrected chi connectivity index (χ1v) is 8.73. The van der Waals surface area contributed by atoms with Gasteiger partial charge in [-0.1, -0.05) is 30.3 Å². The third-order valence-corrected chi connectivity index (χ3v) is 4.62. The van der Waals surface area contributed by atoms with Gasteiger partial charge in [0.15, 0.2) is 17.3 Å². The molecule has 3 aromatic carbocycles. The Kier molecular flexibility index (Phi) is 5.54. The van der Waals surface area contributed by atoms with Crippen LogP contribution in [0, 0.1) is 6.92 Å². The molecule has 1 N–H and O–H groups in total. The van der Waals surface area contributed by atoms with Crippen LogP contribution in [0.3, 0.4) is 0 Å². The Morgan fingerprint density at radius 3 is 2.07 bits per heavy atom. The van der Waals surface area contributed by atoms with E-state index >= 15 is 0 Å². The summed E-state index contributed by atoms with van der Waals surface area (Å²) in [6.45, 7) is 1.87. The second kappa shape index (κ2) is 8.05. The van der Waals surface area contributed by atoms with E-state index in [1.54, 1.807) is 30.3 Å². The summed E-state index contributed by atoms with van der Waals surface area (Å²) in [5.41, 5.74) is 3.22. The highest BCUT2D eigenvalue weighted by molar-refractivity contribution is 6.11. The van der Waals surface area contributed by atoms with Gasteiger partial charge in [0.2, 0.25) is 5.75 Å². The third kappa shape index (κ3) is 3.51. The second-order valence-corrected chi connectivity index (χ2v) is 6.29. The van der Waals surface area contributed by atoms with Crippen LogP contribution in [0.2, 0.25) is 0 Å². The molecule has 3 aromatic rings. The minimum atomic E-state index is -0.172. The summed E-state index contributed by atoms with van der Waals surface area (Å²) in [7, 11) is 4.53. The second-order valence-electron chi connectivity index (χ2n) is 6.29. The Balaban J connectivity index is 2.11. The van der Waals surface area contributed by atoms with Gasteiger partial charge in [-0.25, -0.2) is 0 Å². The Bertz CT molecular complexity index is 998. The summed E-state index contributed by atoms with van der Waals surface area (Å²) in [5.74, 6) is 1.26.